The van der Waals surface area contributed by atoms with Gasteiger partial charge in [0.15, 0.2) is 5.88 Å². The van der Waals surface area contributed by atoms with E-state index >= 15 is 0 Å². The van der Waals surface area contributed by atoms with Crippen LogP contribution in [0.3, 0.4) is 0 Å². The molecule has 1 aliphatic rings. The van der Waals surface area contributed by atoms with Gasteiger partial charge in [-0.2, -0.15) is 0 Å². The molecule has 1 N–H and O–H groups in total. The maximum absolute atomic E-state index is 5.75. The summed E-state index contributed by atoms with van der Waals surface area (Å²) < 4.78 is 7.74. The molecule has 0 bridgehead atoms. The van der Waals surface area contributed by atoms with Crippen LogP contribution < -0.4 is 10.1 Å². The molecule has 0 radical (unpaired) electrons. The molecule has 1 aliphatic heterocycles. The molecule has 12 heavy (non-hydrogen) atoms. The first-order valence-electron chi connectivity index (χ1n) is 4.35. The normalized spacial score (nSPS) is 22.9. The van der Waals surface area contributed by atoms with E-state index in [4.69, 9.17) is 4.74 Å². The average Bonchev–Trinajstić information content (AvgIpc) is 2.65. The van der Waals surface area contributed by atoms with Crippen molar-refractivity contribution in [3.05, 3.63) is 18.3 Å². The lowest BCUT2D eigenvalue weighted by Gasteiger charge is -2.12. The van der Waals surface area contributed by atoms with Crippen molar-refractivity contribution in [1.82, 2.24) is 9.88 Å². The molecule has 66 valence electrons. The number of nitrogens with zero attached hydrogens (tertiary/aromatic N) is 1. The largest absolute Gasteiger partial charge is 0.474 e. The van der Waals surface area contributed by atoms with E-state index in [0.29, 0.717) is 6.10 Å². The average molecular weight is 166 g/mol. The SMILES string of the molecule is Cn1cccc1OC1CCNC1. The summed E-state index contributed by atoms with van der Waals surface area (Å²) in [5.74, 6) is 0.962. The summed E-state index contributed by atoms with van der Waals surface area (Å²) in [5, 5.41) is 3.27. The fraction of sp³-hybridized carbons (Fsp3) is 0.556. The maximum atomic E-state index is 5.75. The van der Waals surface area contributed by atoms with E-state index in [1.54, 1.807) is 0 Å². The second kappa shape index (κ2) is 3.19. The quantitative estimate of drug-likeness (QED) is 0.702. The van der Waals surface area contributed by atoms with Crippen LogP contribution in [-0.4, -0.2) is 23.8 Å². The monoisotopic (exact) mass is 166 g/mol. The maximum Gasteiger partial charge on any atom is 0.193 e. The van der Waals surface area contributed by atoms with Gasteiger partial charge in [-0.15, -0.1) is 0 Å². The Labute approximate surface area is 72.3 Å². The van der Waals surface area contributed by atoms with Crippen molar-refractivity contribution < 1.29 is 4.74 Å². The second-order valence-corrected chi connectivity index (χ2v) is 3.19. The Hall–Kier alpha value is -0.960. The summed E-state index contributed by atoms with van der Waals surface area (Å²) in [6.45, 7) is 2.06. The molecule has 3 heteroatoms. The van der Waals surface area contributed by atoms with Crippen LogP contribution in [0, 0.1) is 0 Å². The highest BCUT2D eigenvalue weighted by molar-refractivity contribution is 5.13. The van der Waals surface area contributed by atoms with Crippen LogP contribution in [0.15, 0.2) is 18.3 Å². The Bertz CT molecular complexity index is 251. The zero-order valence-corrected chi connectivity index (χ0v) is 7.29. The first kappa shape index (κ1) is 7.68. The predicted molar refractivity (Wildman–Crippen MR) is 47.3 cm³/mol. The van der Waals surface area contributed by atoms with Crippen molar-refractivity contribution >= 4 is 0 Å². The van der Waals surface area contributed by atoms with Gasteiger partial charge in [0.05, 0.1) is 0 Å². The van der Waals surface area contributed by atoms with Crippen molar-refractivity contribution in [2.24, 2.45) is 7.05 Å². The van der Waals surface area contributed by atoms with E-state index in [0.717, 1.165) is 25.4 Å². The van der Waals surface area contributed by atoms with Crippen molar-refractivity contribution in [1.29, 1.82) is 0 Å². The molecule has 0 amide bonds. The van der Waals surface area contributed by atoms with Gasteiger partial charge in [-0.25, -0.2) is 0 Å². The van der Waals surface area contributed by atoms with Gasteiger partial charge < -0.3 is 14.6 Å². The number of ether oxygens (including phenoxy) is 1. The first-order valence-corrected chi connectivity index (χ1v) is 4.35. The third kappa shape index (κ3) is 1.46. The fourth-order valence-electron chi connectivity index (χ4n) is 1.47. The van der Waals surface area contributed by atoms with Gasteiger partial charge in [0, 0.05) is 19.8 Å². The molecule has 1 aromatic rings. The number of nitrogens with one attached hydrogen (secondary N) is 1. The standard InChI is InChI=1S/C9H14N2O/c1-11-6-2-3-9(11)12-8-4-5-10-7-8/h2-3,6,8,10H,4-5,7H2,1H3. The number of hydrogen-bond acceptors (Lipinski definition) is 2. The molecule has 1 fully saturated rings. The summed E-state index contributed by atoms with van der Waals surface area (Å²) in [6, 6.07) is 4.00. The molecule has 2 rings (SSSR count). The number of hydrogen-bond donors (Lipinski definition) is 1. The van der Waals surface area contributed by atoms with Gasteiger partial charge in [-0.1, -0.05) is 0 Å². The van der Waals surface area contributed by atoms with Crippen LogP contribution in [0.2, 0.25) is 0 Å². The van der Waals surface area contributed by atoms with Gasteiger partial charge in [-0.05, 0) is 25.1 Å². The van der Waals surface area contributed by atoms with Crippen LogP contribution in [0.1, 0.15) is 6.42 Å². The molecule has 1 unspecified atom stereocenters. The topological polar surface area (TPSA) is 26.2 Å². The van der Waals surface area contributed by atoms with Crippen molar-refractivity contribution in [2.75, 3.05) is 13.1 Å². The lowest BCUT2D eigenvalue weighted by atomic mass is 10.3. The molecule has 0 aromatic carbocycles. The van der Waals surface area contributed by atoms with Gasteiger partial charge in [0.1, 0.15) is 6.10 Å². The zero-order chi connectivity index (χ0) is 8.39. The summed E-state index contributed by atoms with van der Waals surface area (Å²) in [7, 11) is 2.00. The van der Waals surface area contributed by atoms with Crippen molar-refractivity contribution in [2.45, 2.75) is 12.5 Å². The van der Waals surface area contributed by atoms with E-state index < -0.39 is 0 Å². The van der Waals surface area contributed by atoms with Crippen molar-refractivity contribution in [3.63, 3.8) is 0 Å². The van der Waals surface area contributed by atoms with E-state index in [2.05, 4.69) is 5.32 Å². The van der Waals surface area contributed by atoms with Crippen molar-refractivity contribution in [3.8, 4) is 5.88 Å². The fourth-order valence-corrected chi connectivity index (χ4v) is 1.47. The molecule has 2 heterocycles. The van der Waals surface area contributed by atoms with Crippen LogP contribution >= 0.6 is 0 Å². The first-order chi connectivity index (χ1) is 5.86. The Morgan fingerprint density at radius 1 is 1.67 bits per heavy atom. The third-order valence-corrected chi connectivity index (χ3v) is 2.20. The predicted octanol–water partition coefficient (Wildman–Crippen LogP) is 0.766. The summed E-state index contributed by atoms with van der Waals surface area (Å²) in [6.07, 6.45) is 3.47. The molecule has 3 nitrogen and oxygen atoms in total. The Morgan fingerprint density at radius 3 is 3.17 bits per heavy atom. The molecule has 0 saturated carbocycles. The summed E-state index contributed by atoms with van der Waals surface area (Å²) in [5.41, 5.74) is 0. The number of aromatic nitrogens is 1. The third-order valence-electron chi connectivity index (χ3n) is 2.20. The number of aryl methyl sites for hydroxylation is 1. The molecule has 1 atom stereocenters. The lowest BCUT2D eigenvalue weighted by molar-refractivity contribution is 0.207. The molecule has 0 aliphatic carbocycles. The van der Waals surface area contributed by atoms with Gasteiger partial charge >= 0.3 is 0 Å². The lowest BCUT2D eigenvalue weighted by Crippen LogP contribution is -2.20. The highest BCUT2D eigenvalue weighted by Crippen LogP contribution is 2.14. The summed E-state index contributed by atoms with van der Waals surface area (Å²) in [4.78, 5) is 0. The van der Waals surface area contributed by atoms with Gasteiger partial charge in [0.2, 0.25) is 0 Å². The minimum atomic E-state index is 0.360. The van der Waals surface area contributed by atoms with E-state index in [1.807, 2.05) is 29.9 Å². The molecular weight excluding hydrogens is 152 g/mol. The Balaban J connectivity index is 1.98. The van der Waals surface area contributed by atoms with E-state index in [9.17, 15) is 0 Å². The minimum absolute atomic E-state index is 0.360. The molecule has 0 spiro atoms. The van der Waals surface area contributed by atoms with E-state index in [-0.39, 0.29) is 0 Å². The number of rotatable bonds is 2. The molecular formula is C9H14N2O. The molecule has 1 saturated heterocycles. The van der Waals surface area contributed by atoms with Gasteiger partial charge in [-0.3, -0.25) is 0 Å². The highest BCUT2D eigenvalue weighted by Gasteiger charge is 2.16. The van der Waals surface area contributed by atoms with Gasteiger partial charge in [0.25, 0.3) is 0 Å². The van der Waals surface area contributed by atoms with Crippen LogP contribution in [-0.2, 0) is 7.05 Å². The van der Waals surface area contributed by atoms with Crippen LogP contribution in [0.25, 0.3) is 0 Å². The van der Waals surface area contributed by atoms with Crippen LogP contribution in [0.4, 0.5) is 0 Å². The Morgan fingerprint density at radius 2 is 2.58 bits per heavy atom. The zero-order valence-electron chi connectivity index (χ0n) is 7.29. The van der Waals surface area contributed by atoms with Crippen LogP contribution in [0.5, 0.6) is 5.88 Å². The smallest absolute Gasteiger partial charge is 0.193 e. The molecule has 1 aromatic heterocycles. The van der Waals surface area contributed by atoms with E-state index in [1.165, 1.54) is 0 Å². The Kier molecular flexibility index (Phi) is 2.04. The minimum Gasteiger partial charge on any atom is -0.474 e. The second-order valence-electron chi connectivity index (χ2n) is 3.19. The highest BCUT2D eigenvalue weighted by atomic mass is 16.5. The summed E-state index contributed by atoms with van der Waals surface area (Å²) >= 11 is 0.